The Bertz CT molecular complexity index is 907. The number of piperidine rings is 2. The van der Waals surface area contributed by atoms with Gasteiger partial charge < -0.3 is 9.64 Å². The standard InChI is InChI=1S/C26H42N2O4S/c1-20-9-10-24(21(2)19-20)33(30,31)28-17-13-23(14-18-28)8-6-7-22-11-15-27(16-12-22)25(29)32-26(3,4)5/h9-10,19,22-23H,6-8,11-18H2,1-5H3. The second-order valence-corrected chi connectivity index (χ2v) is 12.9. The van der Waals surface area contributed by atoms with Gasteiger partial charge in [-0.15, -0.1) is 0 Å². The summed E-state index contributed by atoms with van der Waals surface area (Å²) in [6, 6.07) is 5.57. The number of carbonyl (C=O) groups excluding carboxylic acids is 1. The molecule has 2 aliphatic rings. The Balaban J connectivity index is 1.37. The fraction of sp³-hybridized carbons (Fsp3) is 0.731. The molecule has 0 aliphatic carbocycles. The smallest absolute Gasteiger partial charge is 0.410 e. The topological polar surface area (TPSA) is 66.9 Å². The summed E-state index contributed by atoms with van der Waals surface area (Å²) in [5.74, 6) is 1.28. The maximum atomic E-state index is 13.1. The van der Waals surface area contributed by atoms with Crippen molar-refractivity contribution in [3.63, 3.8) is 0 Å². The Kier molecular flexibility index (Phi) is 8.49. The van der Waals surface area contributed by atoms with Crippen LogP contribution >= 0.6 is 0 Å². The summed E-state index contributed by atoms with van der Waals surface area (Å²) in [7, 11) is -3.40. The first-order chi connectivity index (χ1) is 15.5. The van der Waals surface area contributed by atoms with Crippen LogP contribution in [0.15, 0.2) is 23.1 Å². The van der Waals surface area contributed by atoms with E-state index in [-0.39, 0.29) is 6.09 Å². The number of hydrogen-bond acceptors (Lipinski definition) is 4. The van der Waals surface area contributed by atoms with Crippen LogP contribution < -0.4 is 0 Å². The number of nitrogens with zero attached hydrogens (tertiary/aromatic N) is 2. The van der Waals surface area contributed by atoms with Crippen LogP contribution in [0.1, 0.15) is 76.8 Å². The quantitative estimate of drug-likeness (QED) is 0.540. The van der Waals surface area contributed by atoms with E-state index in [0.29, 0.717) is 29.8 Å². The molecule has 33 heavy (non-hydrogen) atoms. The van der Waals surface area contributed by atoms with Gasteiger partial charge in [-0.1, -0.05) is 37.0 Å². The molecule has 1 amide bonds. The summed E-state index contributed by atoms with van der Waals surface area (Å²) >= 11 is 0. The van der Waals surface area contributed by atoms with Gasteiger partial charge in [0.25, 0.3) is 0 Å². The van der Waals surface area contributed by atoms with E-state index in [2.05, 4.69) is 0 Å². The van der Waals surface area contributed by atoms with Gasteiger partial charge in [0, 0.05) is 26.2 Å². The fourth-order valence-electron chi connectivity index (χ4n) is 5.09. The maximum absolute atomic E-state index is 13.1. The molecule has 0 spiro atoms. The van der Waals surface area contributed by atoms with Crippen LogP contribution in [-0.4, -0.2) is 55.5 Å². The lowest BCUT2D eigenvalue weighted by atomic mass is 9.87. The summed E-state index contributed by atoms with van der Waals surface area (Å²) in [4.78, 5) is 14.5. The Morgan fingerprint density at radius 3 is 2.03 bits per heavy atom. The molecule has 186 valence electrons. The SMILES string of the molecule is Cc1ccc(S(=O)(=O)N2CCC(CCCC3CCN(C(=O)OC(C)(C)C)CC3)CC2)c(C)c1. The number of hydrogen-bond donors (Lipinski definition) is 0. The predicted molar refractivity (Wildman–Crippen MR) is 132 cm³/mol. The fourth-order valence-corrected chi connectivity index (χ4v) is 6.77. The largest absolute Gasteiger partial charge is 0.444 e. The zero-order valence-electron chi connectivity index (χ0n) is 21.1. The van der Waals surface area contributed by atoms with Crippen molar-refractivity contribution >= 4 is 16.1 Å². The highest BCUT2D eigenvalue weighted by atomic mass is 32.2. The van der Waals surface area contributed by atoms with Crippen molar-refractivity contribution in [1.82, 2.24) is 9.21 Å². The molecule has 2 fully saturated rings. The molecule has 0 aromatic heterocycles. The van der Waals surface area contributed by atoms with Crippen molar-refractivity contribution in [2.75, 3.05) is 26.2 Å². The van der Waals surface area contributed by atoms with Crippen LogP contribution in [0.2, 0.25) is 0 Å². The number of benzene rings is 1. The monoisotopic (exact) mass is 478 g/mol. The van der Waals surface area contributed by atoms with Crippen LogP contribution in [0.25, 0.3) is 0 Å². The van der Waals surface area contributed by atoms with E-state index in [1.54, 1.807) is 10.4 Å². The van der Waals surface area contributed by atoms with Crippen molar-refractivity contribution in [3.8, 4) is 0 Å². The van der Waals surface area contributed by atoms with Gasteiger partial charge in [0.1, 0.15) is 5.60 Å². The van der Waals surface area contributed by atoms with Crippen molar-refractivity contribution in [1.29, 1.82) is 0 Å². The van der Waals surface area contributed by atoms with Crippen molar-refractivity contribution in [3.05, 3.63) is 29.3 Å². The molecule has 1 aromatic rings. The zero-order valence-corrected chi connectivity index (χ0v) is 21.9. The van der Waals surface area contributed by atoms with E-state index in [1.807, 2.05) is 51.7 Å². The summed E-state index contributed by atoms with van der Waals surface area (Å²) in [6.45, 7) is 12.4. The summed E-state index contributed by atoms with van der Waals surface area (Å²) in [5.41, 5.74) is 1.47. The molecule has 1 aromatic carbocycles. The molecule has 0 saturated carbocycles. The second-order valence-electron chi connectivity index (χ2n) is 11.0. The minimum Gasteiger partial charge on any atom is -0.444 e. The Hall–Kier alpha value is -1.60. The third kappa shape index (κ3) is 7.19. The lowest BCUT2D eigenvalue weighted by molar-refractivity contribution is 0.0180. The van der Waals surface area contributed by atoms with E-state index in [9.17, 15) is 13.2 Å². The zero-order chi connectivity index (χ0) is 24.2. The normalized spacial score (nSPS) is 19.6. The number of carbonyl (C=O) groups is 1. The first kappa shape index (κ1) is 26.0. The Morgan fingerprint density at radius 2 is 1.52 bits per heavy atom. The Labute approximate surface area is 200 Å². The number of aryl methyl sites for hydroxylation is 2. The molecule has 3 rings (SSSR count). The van der Waals surface area contributed by atoms with E-state index in [0.717, 1.165) is 49.9 Å². The molecule has 2 saturated heterocycles. The average Bonchev–Trinajstić information content (AvgIpc) is 2.73. The molecule has 7 heteroatoms. The molecule has 0 atom stereocenters. The molecule has 0 bridgehead atoms. The molecular formula is C26H42N2O4S. The lowest BCUT2D eigenvalue weighted by Crippen LogP contribution is -2.41. The van der Waals surface area contributed by atoms with Crippen LogP contribution in [0.3, 0.4) is 0 Å². The van der Waals surface area contributed by atoms with Gasteiger partial charge in [-0.2, -0.15) is 4.31 Å². The third-order valence-corrected chi connectivity index (χ3v) is 9.07. The average molecular weight is 479 g/mol. The van der Waals surface area contributed by atoms with Crippen molar-refractivity contribution in [2.24, 2.45) is 11.8 Å². The highest BCUT2D eigenvalue weighted by Crippen LogP contribution is 2.30. The molecule has 2 heterocycles. The predicted octanol–water partition coefficient (Wildman–Crippen LogP) is 5.52. The van der Waals surface area contributed by atoms with Gasteiger partial charge in [-0.3, -0.25) is 0 Å². The first-order valence-electron chi connectivity index (χ1n) is 12.5. The highest BCUT2D eigenvalue weighted by molar-refractivity contribution is 7.89. The minimum absolute atomic E-state index is 0.191. The number of sulfonamides is 1. The van der Waals surface area contributed by atoms with E-state index >= 15 is 0 Å². The molecule has 0 radical (unpaired) electrons. The van der Waals surface area contributed by atoms with Gasteiger partial charge in [-0.25, -0.2) is 13.2 Å². The number of ether oxygens (including phenoxy) is 1. The summed E-state index contributed by atoms with van der Waals surface area (Å²) in [6.07, 6.45) is 7.35. The second kappa shape index (κ2) is 10.8. The van der Waals surface area contributed by atoms with Crippen LogP contribution in [0.5, 0.6) is 0 Å². The summed E-state index contributed by atoms with van der Waals surface area (Å²) in [5, 5.41) is 0. The van der Waals surface area contributed by atoms with Crippen LogP contribution in [-0.2, 0) is 14.8 Å². The Morgan fingerprint density at radius 1 is 0.970 bits per heavy atom. The molecular weight excluding hydrogens is 436 g/mol. The third-order valence-electron chi connectivity index (χ3n) is 7.01. The van der Waals surface area contributed by atoms with E-state index in [1.165, 1.54) is 19.3 Å². The maximum Gasteiger partial charge on any atom is 0.410 e. The van der Waals surface area contributed by atoms with Crippen LogP contribution in [0, 0.1) is 25.7 Å². The van der Waals surface area contributed by atoms with Gasteiger partial charge in [0.15, 0.2) is 0 Å². The van der Waals surface area contributed by atoms with Gasteiger partial charge in [0.2, 0.25) is 10.0 Å². The van der Waals surface area contributed by atoms with Gasteiger partial charge >= 0.3 is 6.09 Å². The molecule has 0 unspecified atom stereocenters. The number of likely N-dealkylation sites (tertiary alicyclic amines) is 1. The van der Waals surface area contributed by atoms with E-state index in [4.69, 9.17) is 4.74 Å². The molecule has 2 aliphatic heterocycles. The van der Waals surface area contributed by atoms with E-state index < -0.39 is 15.6 Å². The lowest BCUT2D eigenvalue weighted by Gasteiger charge is -2.34. The van der Waals surface area contributed by atoms with Gasteiger partial charge in [0.05, 0.1) is 4.90 Å². The number of amides is 1. The van der Waals surface area contributed by atoms with Crippen molar-refractivity contribution in [2.45, 2.75) is 90.1 Å². The number of rotatable bonds is 6. The minimum atomic E-state index is -3.40. The first-order valence-corrected chi connectivity index (χ1v) is 13.9. The van der Waals surface area contributed by atoms with Crippen LogP contribution in [0.4, 0.5) is 4.79 Å². The van der Waals surface area contributed by atoms with Crippen molar-refractivity contribution < 1.29 is 17.9 Å². The molecule has 0 N–H and O–H groups in total. The summed E-state index contributed by atoms with van der Waals surface area (Å²) < 4.78 is 33.3. The molecule has 6 nitrogen and oxygen atoms in total. The van der Waals surface area contributed by atoms with Gasteiger partial charge in [-0.05, 0) is 83.8 Å². The highest BCUT2D eigenvalue weighted by Gasteiger charge is 2.31.